The van der Waals surface area contributed by atoms with Crippen molar-refractivity contribution in [3.63, 3.8) is 0 Å². The minimum absolute atomic E-state index is 0.00153. The lowest BCUT2D eigenvalue weighted by Gasteiger charge is -2.22. The molecular weight excluding hydrogens is 304 g/mol. The van der Waals surface area contributed by atoms with Crippen molar-refractivity contribution in [1.82, 2.24) is 14.5 Å². The van der Waals surface area contributed by atoms with Gasteiger partial charge in [-0.15, -0.1) is 0 Å². The summed E-state index contributed by atoms with van der Waals surface area (Å²) in [5.41, 5.74) is 4.40. The average molecular weight is 322 g/mol. The van der Waals surface area contributed by atoms with Crippen LogP contribution in [0.2, 0.25) is 0 Å². The summed E-state index contributed by atoms with van der Waals surface area (Å²) in [6, 6.07) is 0. The van der Waals surface area contributed by atoms with Gasteiger partial charge in [-0.25, -0.2) is 21.6 Å². The summed E-state index contributed by atoms with van der Waals surface area (Å²) in [4.78, 5) is 0.0106. The second kappa shape index (κ2) is 5.10. The fourth-order valence-corrected chi connectivity index (χ4v) is 5.78. The molecule has 0 aromatic carbocycles. The Labute approximate surface area is 118 Å². The first-order chi connectivity index (χ1) is 9.16. The van der Waals surface area contributed by atoms with E-state index in [1.54, 1.807) is 6.92 Å². The Morgan fingerprint density at radius 3 is 2.80 bits per heavy atom. The van der Waals surface area contributed by atoms with Crippen LogP contribution in [0.4, 0.5) is 0 Å². The first kappa shape index (κ1) is 15.4. The zero-order chi connectivity index (χ0) is 15.0. The number of sulfonamides is 1. The molecule has 1 fully saturated rings. The minimum atomic E-state index is -3.79. The Morgan fingerprint density at radius 1 is 1.55 bits per heavy atom. The quantitative estimate of drug-likeness (QED) is 0.694. The van der Waals surface area contributed by atoms with E-state index in [1.165, 1.54) is 17.1 Å². The van der Waals surface area contributed by atoms with E-state index in [0.717, 1.165) is 0 Å². The Hall–Kier alpha value is -0.970. The van der Waals surface area contributed by atoms with Crippen LogP contribution in [0.1, 0.15) is 13.3 Å². The molecule has 3 N–H and O–H groups in total. The van der Waals surface area contributed by atoms with Gasteiger partial charge in [-0.2, -0.15) is 5.10 Å². The van der Waals surface area contributed by atoms with Gasteiger partial charge in [-0.05, 0) is 13.3 Å². The van der Waals surface area contributed by atoms with Crippen LogP contribution < -0.4 is 10.5 Å². The summed E-state index contributed by atoms with van der Waals surface area (Å²) in [5, 5.41) is 3.90. The Kier molecular flexibility index (Phi) is 3.93. The van der Waals surface area contributed by atoms with Gasteiger partial charge in [0, 0.05) is 18.3 Å². The van der Waals surface area contributed by atoms with Crippen LogP contribution in [0.25, 0.3) is 0 Å². The number of hydrogen-bond donors (Lipinski definition) is 2. The Balaban J connectivity index is 2.19. The highest BCUT2D eigenvalue weighted by Crippen LogP contribution is 2.25. The van der Waals surface area contributed by atoms with Gasteiger partial charge in [0.25, 0.3) is 0 Å². The third-order valence-corrected chi connectivity index (χ3v) is 6.66. The van der Waals surface area contributed by atoms with Crippen molar-refractivity contribution in [3.8, 4) is 0 Å². The zero-order valence-corrected chi connectivity index (χ0v) is 12.7. The van der Waals surface area contributed by atoms with Gasteiger partial charge in [0.2, 0.25) is 10.0 Å². The smallest absolute Gasteiger partial charge is 0.244 e. The molecule has 10 heteroatoms. The van der Waals surface area contributed by atoms with Gasteiger partial charge in [0.15, 0.2) is 9.84 Å². The second-order valence-corrected chi connectivity index (χ2v) is 9.10. The summed E-state index contributed by atoms with van der Waals surface area (Å²) in [7, 11) is -6.96. The van der Waals surface area contributed by atoms with Crippen LogP contribution in [0.15, 0.2) is 17.3 Å². The molecule has 8 nitrogen and oxygen atoms in total. The number of nitrogens with zero attached hydrogens (tertiary/aromatic N) is 2. The molecule has 1 aliphatic rings. The molecule has 1 aromatic heterocycles. The monoisotopic (exact) mass is 322 g/mol. The van der Waals surface area contributed by atoms with Gasteiger partial charge in [0.1, 0.15) is 4.90 Å². The highest BCUT2D eigenvalue weighted by molar-refractivity contribution is 7.92. The SMILES string of the molecule is CC1(NS(=O)(=O)c2cnn(CCN)c2)CCS(=O)(=O)C1. The number of sulfone groups is 1. The van der Waals surface area contributed by atoms with Gasteiger partial charge < -0.3 is 5.73 Å². The molecule has 20 heavy (non-hydrogen) atoms. The van der Waals surface area contributed by atoms with Crippen molar-refractivity contribution >= 4 is 19.9 Å². The highest BCUT2D eigenvalue weighted by Gasteiger charge is 2.41. The van der Waals surface area contributed by atoms with E-state index in [0.29, 0.717) is 13.1 Å². The molecule has 0 amide bonds. The van der Waals surface area contributed by atoms with E-state index in [-0.39, 0.29) is 22.8 Å². The minimum Gasteiger partial charge on any atom is -0.329 e. The molecule has 1 aromatic rings. The first-order valence-corrected chi connectivity index (χ1v) is 9.43. The van der Waals surface area contributed by atoms with E-state index < -0.39 is 25.4 Å². The maximum absolute atomic E-state index is 12.2. The van der Waals surface area contributed by atoms with E-state index in [2.05, 4.69) is 9.82 Å². The summed E-state index contributed by atoms with van der Waals surface area (Å²) in [6.45, 7) is 2.37. The molecule has 0 radical (unpaired) electrons. The first-order valence-electron chi connectivity index (χ1n) is 6.13. The molecule has 2 rings (SSSR count). The number of nitrogens with one attached hydrogen (secondary N) is 1. The lowest BCUT2D eigenvalue weighted by molar-refractivity contribution is 0.461. The van der Waals surface area contributed by atoms with E-state index in [9.17, 15) is 16.8 Å². The summed E-state index contributed by atoms with van der Waals surface area (Å²) >= 11 is 0. The third-order valence-electron chi connectivity index (χ3n) is 3.16. The number of aromatic nitrogens is 2. The Morgan fingerprint density at radius 2 is 2.25 bits per heavy atom. The topological polar surface area (TPSA) is 124 Å². The highest BCUT2D eigenvalue weighted by atomic mass is 32.2. The maximum atomic E-state index is 12.2. The van der Waals surface area contributed by atoms with Crippen molar-refractivity contribution in [2.75, 3.05) is 18.1 Å². The predicted molar refractivity (Wildman–Crippen MR) is 73.3 cm³/mol. The second-order valence-electron chi connectivity index (χ2n) is 5.24. The molecule has 0 bridgehead atoms. The lowest BCUT2D eigenvalue weighted by atomic mass is 10.0. The van der Waals surface area contributed by atoms with Crippen LogP contribution in [-0.2, 0) is 26.4 Å². The van der Waals surface area contributed by atoms with E-state index >= 15 is 0 Å². The number of rotatable bonds is 5. The van der Waals surface area contributed by atoms with Gasteiger partial charge in [-0.1, -0.05) is 0 Å². The molecule has 1 unspecified atom stereocenters. The van der Waals surface area contributed by atoms with E-state index in [4.69, 9.17) is 5.73 Å². The van der Waals surface area contributed by atoms with Crippen LogP contribution >= 0.6 is 0 Å². The molecule has 1 atom stereocenters. The molecular formula is C10H18N4O4S2. The summed E-state index contributed by atoms with van der Waals surface area (Å²) < 4.78 is 51.3. The number of hydrogen-bond acceptors (Lipinski definition) is 6. The van der Waals surface area contributed by atoms with Gasteiger partial charge in [0.05, 0.1) is 24.2 Å². The van der Waals surface area contributed by atoms with Crippen LogP contribution in [0.3, 0.4) is 0 Å². The van der Waals surface area contributed by atoms with Crippen LogP contribution in [-0.4, -0.2) is 50.2 Å². The van der Waals surface area contributed by atoms with Crippen molar-refractivity contribution in [3.05, 3.63) is 12.4 Å². The predicted octanol–water partition coefficient (Wildman–Crippen LogP) is -1.30. The molecule has 2 heterocycles. The van der Waals surface area contributed by atoms with Gasteiger partial charge in [-0.3, -0.25) is 4.68 Å². The molecule has 0 saturated carbocycles. The summed E-state index contributed by atoms with van der Waals surface area (Å²) in [6.07, 6.45) is 2.87. The molecule has 114 valence electrons. The maximum Gasteiger partial charge on any atom is 0.244 e. The normalized spacial score (nSPS) is 25.9. The van der Waals surface area contributed by atoms with Crippen molar-refractivity contribution in [2.24, 2.45) is 5.73 Å². The standard InChI is InChI=1S/C10H18N4O4S2/c1-10(2-5-19(15,16)8-10)13-20(17,18)9-6-12-14(7-9)4-3-11/h6-7,13H,2-5,8,11H2,1H3. The van der Waals surface area contributed by atoms with Crippen LogP contribution in [0, 0.1) is 0 Å². The Bertz CT molecular complexity index is 695. The molecule has 0 spiro atoms. The molecule has 1 saturated heterocycles. The summed E-state index contributed by atoms with van der Waals surface area (Å²) in [5.74, 6) is -0.186. The van der Waals surface area contributed by atoms with E-state index in [1.807, 2.05) is 0 Å². The fourth-order valence-electron chi connectivity index (χ4n) is 2.21. The van der Waals surface area contributed by atoms with Crippen molar-refractivity contribution in [2.45, 2.75) is 30.3 Å². The fraction of sp³-hybridized carbons (Fsp3) is 0.700. The zero-order valence-electron chi connectivity index (χ0n) is 11.1. The lowest BCUT2D eigenvalue weighted by Crippen LogP contribution is -2.46. The third kappa shape index (κ3) is 3.37. The number of nitrogens with two attached hydrogens (primary N) is 1. The van der Waals surface area contributed by atoms with Crippen LogP contribution in [0.5, 0.6) is 0 Å². The van der Waals surface area contributed by atoms with Crippen molar-refractivity contribution in [1.29, 1.82) is 0 Å². The average Bonchev–Trinajstić information content (AvgIpc) is 2.84. The van der Waals surface area contributed by atoms with Crippen molar-refractivity contribution < 1.29 is 16.8 Å². The molecule has 1 aliphatic heterocycles. The largest absolute Gasteiger partial charge is 0.329 e. The molecule has 0 aliphatic carbocycles. The van der Waals surface area contributed by atoms with Gasteiger partial charge >= 0.3 is 0 Å².